The summed E-state index contributed by atoms with van der Waals surface area (Å²) in [4.78, 5) is 2.39. The standard InChI is InChI=1S/C13H16N2O/c1-11-4-3-8-15(11)12-5-2-6-13(10-12)16-9-7-14/h2,5-6,10-11H,3-4,8-9H2,1H3. The largest absolute Gasteiger partial charge is 0.479 e. The van der Waals surface area contributed by atoms with Crippen molar-refractivity contribution in [3.05, 3.63) is 24.3 Å². The number of nitrogens with zero attached hydrogens (tertiary/aromatic N) is 2. The third-order valence-corrected chi connectivity index (χ3v) is 3.01. The Morgan fingerprint density at radius 1 is 1.56 bits per heavy atom. The first kappa shape index (κ1) is 10.8. The molecule has 2 rings (SSSR count). The van der Waals surface area contributed by atoms with Crippen LogP contribution in [0, 0.1) is 11.3 Å². The highest BCUT2D eigenvalue weighted by atomic mass is 16.5. The topological polar surface area (TPSA) is 36.3 Å². The maximum absolute atomic E-state index is 8.47. The predicted octanol–water partition coefficient (Wildman–Crippen LogP) is 2.58. The molecule has 1 aliphatic rings. The van der Waals surface area contributed by atoms with Crippen molar-refractivity contribution in [2.24, 2.45) is 0 Å². The molecule has 1 heterocycles. The van der Waals surface area contributed by atoms with E-state index in [4.69, 9.17) is 10.00 Å². The summed E-state index contributed by atoms with van der Waals surface area (Å²) in [6, 6.07) is 10.6. The average Bonchev–Trinajstić information content (AvgIpc) is 2.73. The van der Waals surface area contributed by atoms with Crippen molar-refractivity contribution in [2.75, 3.05) is 18.1 Å². The van der Waals surface area contributed by atoms with Crippen LogP contribution in [0.1, 0.15) is 19.8 Å². The Balaban J connectivity index is 2.12. The van der Waals surface area contributed by atoms with Gasteiger partial charge in [-0.2, -0.15) is 5.26 Å². The molecule has 0 radical (unpaired) electrons. The van der Waals surface area contributed by atoms with E-state index in [2.05, 4.69) is 17.9 Å². The first-order chi connectivity index (χ1) is 7.81. The van der Waals surface area contributed by atoms with Crippen molar-refractivity contribution < 1.29 is 4.74 Å². The van der Waals surface area contributed by atoms with Gasteiger partial charge in [0.15, 0.2) is 6.61 Å². The number of hydrogen-bond acceptors (Lipinski definition) is 3. The summed E-state index contributed by atoms with van der Waals surface area (Å²) in [6.45, 7) is 3.47. The van der Waals surface area contributed by atoms with E-state index in [0.717, 1.165) is 12.3 Å². The first-order valence-corrected chi connectivity index (χ1v) is 5.67. The zero-order chi connectivity index (χ0) is 11.4. The Morgan fingerprint density at radius 2 is 2.44 bits per heavy atom. The summed E-state index contributed by atoms with van der Waals surface area (Å²) >= 11 is 0. The minimum absolute atomic E-state index is 0.110. The number of ether oxygens (including phenoxy) is 1. The molecular weight excluding hydrogens is 200 g/mol. The highest BCUT2D eigenvalue weighted by Gasteiger charge is 2.20. The third-order valence-electron chi connectivity index (χ3n) is 3.01. The number of hydrogen-bond donors (Lipinski definition) is 0. The van der Waals surface area contributed by atoms with Crippen LogP contribution >= 0.6 is 0 Å². The van der Waals surface area contributed by atoms with Crippen molar-refractivity contribution in [3.63, 3.8) is 0 Å². The van der Waals surface area contributed by atoms with Crippen LogP contribution in [0.25, 0.3) is 0 Å². The smallest absolute Gasteiger partial charge is 0.174 e. The van der Waals surface area contributed by atoms with Gasteiger partial charge in [0.05, 0.1) is 0 Å². The summed E-state index contributed by atoms with van der Waals surface area (Å²) in [5.41, 5.74) is 1.19. The van der Waals surface area contributed by atoms with Gasteiger partial charge in [-0.1, -0.05) is 6.07 Å². The molecule has 0 saturated carbocycles. The van der Waals surface area contributed by atoms with Gasteiger partial charge in [-0.3, -0.25) is 0 Å². The highest BCUT2D eigenvalue weighted by Crippen LogP contribution is 2.27. The van der Waals surface area contributed by atoms with Crippen molar-refractivity contribution in [2.45, 2.75) is 25.8 Å². The van der Waals surface area contributed by atoms with Crippen LogP contribution in [0.5, 0.6) is 5.75 Å². The Kier molecular flexibility index (Phi) is 3.31. The van der Waals surface area contributed by atoms with Crippen molar-refractivity contribution in [3.8, 4) is 11.8 Å². The van der Waals surface area contributed by atoms with Gasteiger partial charge in [0.1, 0.15) is 11.8 Å². The molecule has 0 bridgehead atoms. The average molecular weight is 216 g/mol. The molecule has 1 aromatic rings. The molecule has 1 aromatic carbocycles. The lowest BCUT2D eigenvalue weighted by atomic mass is 10.2. The lowest BCUT2D eigenvalue weighted by Gasteiger charge is -2.24. The molecule has 1 unspecified atom stereocenters. The van der Waals surface area contributed by atoms with Crippen molar-refractivity contribution in [1.29, 1.82) is 5.26 Å². The number of benzene rings is 1. The summed E-state index contributed by atoms with van der Waals surface area (Å²) < 4.78 is 5.30. The number of rotatable bonds is 3. The fraction of sp³-hybridized carbons (Fsp3) is 0.462. The van der Waals surface area contributed by atoms with E-state index in [1.807, 2.05) is 24.3 Å². The van der Waals surface area contributed by atoms with Gasteiger partial charge in [-0.05, 0) is 31.9 Å². The molecule has 3 heteroatoms. The molecule has 0 aliphatic carbocycles. The van der Waals surface area contributed by atoms with E-state index in [1.54, 1.807) is 0 Å². The van der Waals surface area contributed by atoms with E-state index in [0.29, 0.717) is 6.04 Å². The fourth-order valence-electron chi connectivity index (χ4n) is 2.18. The maximum Gasteiger partial charge on any atom is 0.174 e. The predicted molar refractivity (Wildman–Crippen MR) is 63.6 cm³/mol. The number of anilines is 1. The third kappa shape index (κ3) is 2.27. The Hall–Kier alpha value is -1.69. The summed E-state index contributed by atoms with van der Waals surface area (Å²) in [5.74, 6) is 0.776. The SMILES string of the molecule is CC1CCCN1c1cccc(OCC#N)c1. The quantitative estimate of drug-likeness (QED) is 0.779. The Morgan fingerprint density at radius 3 is 3.12 bits per heavy atom. The minimum Gasteiger partial charge on any atom is -0.479 e. The van der Waals surface area contributed by atoms with E-state index in [1.165, 1.54) is 18.5 Å². The van der Waals surface area contributed by atoms with Crippen LogP contribution in [-0.2, 0) is 0 Å². The van der Waals surface area contributed by atoms with Crippen LogP contribution < -0.4 is 9.64 Å². The second-order valence-electron chi connectivity index (χ2n) is 4.13. The molecular formula is C13H16N2O. The van der Waals surface area contributed by atoms with Crippen molar-refractivity contribution in [1.82, 2.24) is 0 Å². The lowest BCUT2D eigenvalue weighted by molar-refractivity contribution is 0.368. The van der Waals surface area contributed by atoms with E-state index >= 15 is 0 Å². The Bertz CT molecular complexity index is 397. The lowest BCUT2D eigenvalue weighted by Crippen LogP contribution is -2.26. The molecule has 3 nitrogen and oxygen atoms in total. The minimum atomic E-state index is 0.110. The van der Waals surface area contributed by atoms with Crippen LogP contribution in [0.3, 0.4) is 0 Å². The molecule has 16 heavy (non-hydrogen) atoms. The van der Waals surface area contributed by atoms with E-state index in [9.17, 15) is 0 Å². The zero-order valence-corrected chi connectivity index (χ0v) is 9.52. The van der Waals surface area contributed by atoms with Crippen LogP contribution in [0.15, 0.2) is 24.3 Å². The van der Waals surface area contributed by atoms with Gasteiger partial charge in [0, 0.05) is 24.3 Å². The molecule has 0 spiro atoms. The summed E-state index contributed by atoms with van der Waals surface area (Å²) in [6.07, 6.45) is 2.51. The molecule has 1 saturated heterocycles. The van der Waals surface area contributed by atoms with Gasteiger partial charge >= 0.3 is 0 Å². The van der Waals surface area contributed by atoms with Gasteiger partial charge in [0.25, 0.3) is 0 Å². The van der Waals surface area contributed by atoms with Gasteiger partial charge in [-0.25, -0.2) is 0 Å². The van der Waals surface area contributed by atoms with E-state index < -0.39 is 0 Å². The molecule has 0 N–H and O–H groups in total. The number of nitriles is 1. The molecule has 0 amide bonds. The molecule has 0 aromatic heterocycles. The van der Waals surface area contributed by atoms with Crippen LogP contribution in [0.2, 0.25) is 0 Å². The van der Waals surface area contributed by atoms with Gasteiger partial charge in [-0.15, -0.1) is 0 Å². The second-order valence-corrected chi connectivity index (χ2v) is 4.13. The van der Waals surface area contributed by atoms with Crippen molar-refractivity contribution >= 4 is 5.69 Å². The molecule has 84 valence electrons. The zero-order valence-electron chi connectivity index (χ0n) is 9.52. The fourth-order valence-corrected chi connectivity index (χ4v) is 2.18. The van der Waals surface area contributed by atoms with Crippen LogP contribution in [-0.4, -0.2) is 19.2 Å². The molecule has 1 aliphatic heterocycles. The maximum atomic E-state index is 8.47. The molecule has 1 atom stereocenters. The first-order valence-electron chi connectivity index (χ1n) is 5.67. The molecule has 1 fully saturated rings. The van der Waals surface area contributed by atoms with Crippen LogP contribution in [0.4, 0.5) is 5.69 Å². The van der Waals surface area contributed by atoms with Gasteiger partial charge in [0.2, 0.25) is 0 Å². The summed E-state index contributed by atoms with van der Waals surface area (Å²) in [7, 11) is 0. The highest BCUT2D eigenvalue weighted by molar-refractivity contribution is 5.52. The van der Waals surface area contributed by atoms with E-state index in [-0.39, 0.29) is 6.61 Å². The monoisotopic (exact) mass is 216 g/mol. The second kappa shape index (κ2) is 4.89. The Labute approximate surface area is 96.2 Å². The normalized spacial score (nSPS) is 19.5. The van der Waals surface area contributed by atoms with Gasteiger partial charge < -0.3 is 9.64 Å². The summed E-state index contributed by atoms with van der Waals surface area (Å²) in [5, 5.41) is 8.47.